The fourth-order valence-corrected chi connectivity index (χ4v) is 2.65. The van der Waals surface area contributed by atoms with Gasteiger partial charge in [-0.15, -0.1) is 0 Å². The minimum Gasteiger partial charge on any atom is -0.477 e. The number of hydrogen-bond donors (Lipinski definition) is 1. The molecule has 0 aliphatic heterocycles. The molecule has 3 aromatic carbocycles. The summed E-state index contributed by atoms with van der Waals surface area (Å²) in [7, 11) is 0. The molecule has 126 valence electrons. The van der Waals surface area contributed by atoms with Gasteiger partial charge in [0.2, 0.25) is 0 Å². The van der Waals surface area contributed by atoms with E-state index in [-0.39, 0.29) is 24.0 Å². The second-order valence-corrected chi connectivity index (χ2v) is 5.54. The molecule has 3 aromatic rings. The SMILES string of the molecule is Cc1cccc(OCC(=O)Nc2cccc3ccccc23)c1[N+](=O)[O-]. The van der Waals surface area contributed by atoms with E-state index in [0.29, 0.717) is 11.3 Å². The number of para-hydroxylation sites is 1. The zero-order valence-corrected chi connectivity index (χ0v) is 13.6. The van der Waals surface area contributed by atoms with Crippen molar-refractivity contribution in [1.82, 2.24) is 0 Å². The summed E-state index contributed by atoms with van der Waals surface area (Å²) >= 11 is 0. The largest absolute Gasteiger partial charge is 0.477 e. The molecule has 0 heterocycles. The summed E-state index contributed by atoms with van der Waals surface area (Å²) in [5, 5.41) is 15.9. The molecule has 6 nitrogen and oxygen atoms in total. The van der Waals surface area contributed by atoms with Gasteiger partial charge in [-0.1, -0.05) is 48.5 Å². The number of aryl methyl sites for hydroxylation is 1. The molecule has 0 atom stereocenters. The molecule has 0 aliphatic rings. The van der Waals surface area contributed by atoms with E-state index < -0.39 is 4.92 Å². The Morgan fingerprint density at radius 3 is 2.60 bits per heavy atom. The van der Waals surface area contributed by atoms with Gasteiger partial charge >= 0.3 is 5.69 Å². The van der Waals surface area contributed by atoms with Gasteiger partial charge in [0.25, 0.3) is 5.91 Å². The van der Waals surface area contributed by atoms with Crippen LogP contribution in [0.4, 0.5) is 11.4 Å². The molecule has 0 aliphatic carbocycles. The summed E-state index contributed by atoms with van der Waals surface area (Å²) in [6, 6.07) is 18.1. The van der Waals surface area contributed by atoms with Crippen molar-refractivity contribution in [3.8, 4) is 5.75 Å². The number of amides is 1. The molecule has 0 aromatic heterocycles. The fraction of sp³-hybridized carbons (Fsp3) is 0.105. The first-order chi connectivity index (χ1) is 12.1. The Morgan fingerprint density at radius 1 is 1.08 bits per heavy atom. The second-order valence-electron chi connectivity index (χ2n) is 5.54. The van der Waals surface area contributed by atoms with Gasteiger partial charge < -0.3 is 10.1 Å². The predicted octanol–water partition coefficient (Wildman–Crippen LogP) is 4.07. The Hall–Kier alpha value is -3.41. The standard InChI is InChI=1S/C19H16N2O4/c1-13-6-4-11-17(19(13)21(23)24)25-12-18(22)20-16-10-5-8-14-7-2-3-9-15(14)16/h2-11H,12H2,1H3,(H,20,22). The van der Waals surface area contributed by atoms with Gasteiger partial charge in [-0.2, -0.15) is 0 Å². The van der Waals surface area contributed by atoms with Gasteiger partial charge in [0.05, 0.1) is 4.92 Å². The van der Waals surface area contributed by atoms with Gasteiger partial charge in [-0.05, 0) is 24.4 Å². The molecule has 0 saturated carbocycles. The van der Waals surface area contributed by atoms with Gasteiger partial charge in [-0.25, -0.2) is 0 Å². The lowest BCUT2D eigenvalue weighted by Gasteiger charge is -2.10. The maximum Gasteiger partial charge on any atom is 0.313 e. The smallest absolute Gasteiger partial charge is 0.313 e. The van der Waals surface area contributed by atoms with Crippen LogP contribution in [0.15, 0.2) is 60.7 Å². The van der Waals surface area contributed by atoms with Crippen LogP contribution in [0.2, 0.25) is 0 Å². The topological polar surface area (TPSA) is 81.5 Å². The zero-order valence-electron chi connectivity index (χ0n) is 13.6. The van der Waals surface area contributed by atoms with Gasteiger partial charge in [0.1, 0.15) is 0 Å². The number of carbonyl (C=O) groups is 1. The molecular weight excluding hydrogens is 320 g/mol. The molecule has 1 N–H and O–H groups in total. The highest BCUT2D eigenvalue weighted by Gasteiger charge is 2.19. The highest BCUT2D eigenvalue weighted by molar-refractivity contribution is 6.02. The number of fused-ring (bicyclic) bond motifs is 1. The summed E-state index contributed by atoms with van der Waals surface area (Å²) in [6.45, 7) is 1.31. The van der Waals surface area contributed by atoms with Crippen LogP contribution in [0, 0.1) is 17.0 Å². The molecule has 3 rings (SSSR count). The average Bonchev–Trinajstić information content (AvgIpc) is 2.60. The van der Waals surface area contributed by atoms with Crippen LogP contribution in [0.25, 0.3) is 10.8 Å². The van der Waals surface area contributed by atoms with Crippen molar-refractivity contribution in [3.63, 3.8) is 0 Å². The second kappa shape index (κ2) is 7.00. The van der Waals surface area contributed by atoms with E-state index >= 15 is 0 Å². The van der Waals surface area contributed by atoms with E-state index in [1.54, 1.807) is 25.1 Å². The number of hydrogen-bond acceptors (Lipinski definition) is 4. The molecule has 0 saturated heterocycles. The first-order valence-electron chi connectivity index (χ1n) is 7.70. The van der Waals surface area contributed by atoms with Gasteiger partial charge in [0.15, 0.2) is 12.4 Å². The molecule has 0 spiro atoms. The minimum atomic E-state index is -0.507. The molecule has 0 fully saturated rings. The Balaban J connectivity index is 1.74. The Morgan fingerprint density at radius 2 is 1.80 bits per heavy atom. The van der Waals surface area contributed by atoms with E-state index in [1.165, 1.54) is 6.07 Å². The third kappa shape index (κ3) is 3.58. The lowest BCUT2D eigenvalue weighted by Crippen LogP contribution is -2.20. The van der Waals surface area contributed by atoms with E-state index in [0.717, 1.165) is 10.8 Å². The van der Waals surface area contributed by atoms with Gasteiger partial charge in [-0.3, -0.25) is 14.9 Å². The minimum absolute atomic E-state index is 0.0815. The maximum absolute atomic E-state index is 12.2. The predicted molar refractivity (Wildman–Crippen MR) is 95.9 cm³/mol. The summed E-state index contributed by atoms with van der Waals surface area (Å²) in [5.74, 6) is -0.301. The van der Waals surface area contributed by atoms with Crippen LogP contribution in [-0.4, -0.2) is 17.4 Å². The van der Waals surface area contributed by atoms with Crippen molar-refractivity contribution < 1.29 is 14.5 Å². The van der Waals surface area contributed by atoms with E-state index in [2.05, 4.69) is 5.32 Å². The molecule has 0 radical (unpaired) electrons. The number of anilines is 1. The normalized spacial score (nSPS) is 10.4. The number of nitrogens with zero attached hydrogens (tertiary/aromatic N) is 1. The summed E-state index contributed by atoms with van der Waals surface area (Å²) in [5.41, 5.74) is 1.03. The number of benzene rings is 3. The monoisotopic (exact) mass is 336 g/mol. The molecule has 25 heavy (non-hydrogen) atoms. The van der Waals surface area contributed by atoms with Crippen LogP contribution in [0.3, 0.4) is 0 Å². The van der Waals surface area contributed by atoms with Crippen molar-refractivity contribution in [2.75, 3.05) is 11.9 Å². The number of nitro benzene ring substituents is 1. The molecule has 1 amide bonds. The number of ether oxygens (including phenoxy) is 1. The highest BCUT2D eigenvalue weighted by Crippen LogP contribution is 2.30. The number of rotatable bonds is 5. The van der Waals surface area contributed by atoms with Crippen molar-refractivity contribution in [3.05, 3.63) is 76.3 Å². The number of nitrogens with one attached hydrogen (secondary N) is 1. The zero-order chi connectivity index (χ0) is 17.8. The van der Waals surface area contributed by atoms with Crippen molar-refractivity contribution in [2.45, 2.75) is 6.92 Å². The molecular formula is C19H16N2O4. The van der Waals surface area contributed by atoms with Crippen LogP contribution in [-0.2, 0) is 4.79 Å². The Labute approximate surface area is 144 Å². The van der Waals surface area contributed by atoms with Gasteiger partial charge in [0, 0.05) is 16.6 Å². The Kier molecular flexibility index (Phi) is 4.61. The van der Waals surface area contributed by atoms with Crippen molar-refractivity contribution >= 4 is 28.1 Å². The average molecular weight is 336 g/mol. The molecule has 6 heteroatoms. The van der Waals surface area contributed by atoms with E-state index in [4.69, 9.17) is 4.74 Å². The number of nitro groups is 1. The van der Waals surface area contributed by atoms with Crippen LogP contribution in [0.1, 0.15) is 5.56 Å². The number of carbonyl (C=O) groups excluding carboxylic acids is 1. The molecule has 0 bridgehead atoms. The van der Waals surface area contributed by atoms with Crippen LogP contribution < -0.4 is 10.1 Å². The third-order valence-electron chi connectivity index (χ3n) is 3.81. The fourth-order valence-electron chi connectivity index (χ4n) is 2.65. The highest BCUT2D eigenvalue weighted by atomic mass is 16.6. The third-order valence-corrected chi connectivity index (χ3v) is 3.81. The summed E-state index contributed by atoms with van der Waals surface area (Å²) < 4.78 is 5.37. The summed E-state index contributed by atoms with van der Waals surface area (Å²) in [6.07, 6.45) is 0. The first-order valence-corrected chi connectivity index (χ1v) is 7.70. The van der Waals surface area contributed by atoms with E-state index in [9.17, 15) is 14.9 Å². The van der Waals surface area contributed by atoms with E-state index in [1.807, 2.05) is 36.4 Å². The van der Waals surface area contributed by atoms with Crippen molar-refractivity contribution in [1.29, 1.82) is 0 Å². The first kappa shape index (κ1) is 16.4. The Bertz CT molecular complexity index is 948. The maximum atomic E-state index is 12.2. The molecule has 0 unspecified atom stereocenters. The lowest BCUT2D eigenvalue weighted by molar-refractivity contribution is -0.386. The summed E-state index contributed by atoms with van der Waals surface area (Å²) in [4.78, 5) is 22.8. The van der Waals surface area contributed by atoms with Crippen LogP contribution >= 0.6 is 0 Å². The van der Waals surface area contributed by atoms with Crippen LogP contribution in [0.5, 0.6) is 5.75 Å². The lowest BCUT2D eigenvalue weighted by atomic mass is 10.1. The van der Waals surface area contributed by atoms with Crippen molar-refractivity contribution in [2.24, 2.45) is 0 Å². The quantitative estimate of drug-likeness (QED) is 0.562.